The lowest BCUT2D eigenvalue weighted by Gasteiger charge is -2.07. The van der Waals surface area contributed by atoms with E-state index in [0.717, 1.165) is 0 Å². The molecule has 0 saturated heterocycles. The molecule has 0 atom stereocenters. The number of halogens is 1. The number of carbonyl (C=O) groups excluding carboxylic acids is 1. The number of anilines is 2. The molecule has 25 heavy (non-hydrogen) atoms. The van der Waals surface area contributed by atoms with Crippen molar-refractivity contribution in [3.05, 3.63) is 71.5 Å². The van der Waals surface area contributed by atoms with Gasteiger partial charge in [-0.3, -0.25) is 4.79 Å². The molecule has 7 heteroatoms. The van der Waals surface area contributed by atoms with Gasteiger partial charge in [0.2, 0.25) is 0 Å². The monoisotopic (exact) mass is 340 g/mol. The first-order chi connectivity index (χ1) is 12.1. The lowest BCUT2D eigenvalue weighted by atomic mass is 10.1. The van der Waals surface area contributed by atoms with Gasteiger partial charge in [0.25, 0.3) is 5.91 Å². The molecule has 0 aliphatic carbocycles. The summed E-state index contributed by atoms with van der Waals surface area (Å²) in [6.45, 7) is 2.13. The molecule has 3 rings (SSSR count). The molecule has 0 spiro atoms. The largest absolute Gasteiger partial charge is 0.360 e. The zero-order chi connectivity index (χ0) is 17.6. The molecule has 2 heterocycles. The van der Waals surface area contributed by atoms with E-state index in [1.54, 1.807) is 43.3 Å². The van der Waals surface area contributed by atoms with E-state index in [1.165, 1.54) is 12.3 Å². The first-order valence-electron chi connectivity index (χ1n) is 7.80. The zero-order valence-electron chi connectivity index (χ0n) is 13.6. The second kappa shape index (κ2) is 7.57. The number of hydrogen-bond donors (Lipinski definition) is 2. The second-order valence-corrected chi connectivity index (χ2v) is 5.48. The Labute approximate surface area is 144 Å². The maximum absolute atomic E-state index is 13.5. The van der Waals surface area contributed by atoms with Crippen LogP contribution >= 0.6 is 0 Å². The van der Waals surface area contributed by atoms with E-state index in [4.69, 9.17) is 4.52 Å². The van der Waals surface area contributed by atoms with Gasteiger partial charge in [0, 0.05) is 12.6 Å². The summed E-state index contributed by atoms with van der Waals surface area (Å²) in [5, 5.41) is 9.57. The number of hydrogen-bond acceptors (Lipinski definition) is 5. The predicted molar refractivity (Wildman–Crippen MR) is 91.2 cm³/mol. The van der Waals surface area contributed by atoms with Gasteiger partial charge < -0.3 is 15.2 Å². The predicted octanol–water partition coefficient (Wildman–Crippen LogP) is 3.23. The first-order valence-corrected chi connectivity index (χ1v) is 7.80. The first kappa shape index (κ1) is 16.6. The minimum atomic E-state index is -0.305. The molecule has 0 unspecified atom stereocenters. The van der Waals surface area contributed by atoms with Crippen molar-refractivity contribution in [3.8, 4) is 0 Å². The molecule has 6 nitrogen and oxygen atoms in total. The number of rotatable bonds is 6. The second-order valence-electron chi connectivity index (χ2n) is 5.48. The fourth-order valence-electron chi connectivity index (χ4n) is 2.28. The third-order valence-corrected chi connectivity index (χ3v) is 3.53. The van der Waals surface area contributed by atoms with E-state index >= 15 is 0 Å². The van der Waals surface area contributed by atoms with Crippen LogP contribution in [0.3, 0.4) is 0 Å². The minimum absolute atomic E-state index is 0.270. The van der Waals surface area contributed by atoms with Crippen LogP contribution in [-0.4, -0.2) is 22.6 Å². The molecule has 0 bridgehead atoms. The number of nitrogens with zero attached hydrogens (tertiary/aromatic N) is 2. The van der Waals surface area contributed by atoms with Gasteiger partial charge in [0.15, 0.2) is 5.82 Å². The molecular formula is C18H17FN4O2. The third-order valence-electron chi connectivity index (χ3n) is 3.53. The van der Waals surface area contributed by atoms with Gasteiger partial charge in [-0.15, -0.1) is 0 Å². The van der Waals surface area contributed by atoms with Gasteiger partial charge in [-0.2, -0.15) is 0 Å². The van der Waals surface area contributed by atoms with Crippen LogP contribution in [0.5, 0.6) is 0 Å². The van der Waals surface area contributed by atoms with E-state index in [1.807, 2.05) is 0 Å². The Balaban J connectivity index is 1.53. The van der Waals surface area contributed by atoms with Gasteiger partial charge >= 0.3 is 0 Å². The molecule has 128 valence electrons. The van der Waals surface area contributed by atoms with Crippen LogP contribution in [0, 0.1) is 12.7 Å². The zero-order valence-corrected chi connectivity index (χ0v) is 13.6. The van der Waals surface area contributed by atoms with Gasteiger partial charge in [-0.25, -0.2) is 9.37 Å². The quantitative estimate of drug-likeness (QED) is 0.720. The van der Waals surface area contributed by atoms with E-state index in [0.29, 0.717) is 35.8 Å². The molecule has 3 aromatic rings. The van der Waals surface area contributed by atoms with Crippen molar-refractivity contribution in [3.63, 3.8) is 0 Å². The number of aryl methyl sites for hydroxylation is 1. The fraction of sp³-hybridized carbons (Fsp3) is 0.167. The van der Waals surface area contributed by atoms with Crippen LogP contribution in [0.15, 0.2) is 53.2 Å². The summed E-state index contributed by atoms with van der Waals surface area (Å²) in [6.07, 6.45) is 1.96. The highest BCUT2D eigenvalue weighted by molar-refractivity contribution is 5.92. The van der Waals surface area contributed by atoms with Crippen molar-refractivity contribution in [1.29, 1.82) is 0 Å². The maximum Gasteiger partial charge on any atom is 0.269 e. The fourth-order valence-corrected chi connectivity index (χ4v) is 2.28. The molecule has 1 aromatic carbocycles. The highest BCUT2D eigenvalue weighted by Gasteiger charge is 2.08. The molecule has 1 amide bonds. The Morgan fingerprint density at radius 2 is 2.08 bits per heavy atom. The lowest BCUT2D eigenvalue weighted by Crippen LogP contribution is -2.26. The third kappa shape index (κ3) is 4.41. The van der Waals surface area contributed by atoms with Crippen molar-refractivity contribution < 1.29 is 13.7 Å². The van der Waals surface area contributed by atoms with Crippen LogP contribution in [-0.2, 0) is 6.42 Å². The van der Waals surface area contributed by atoms with Crippen LogP contribution in [0.1, 0.15) is 21.8 Å². The standard InChI is InChI=1S/C18H17FN4O2/c1-12-10-17(23-25-12)22-14-6-7-16(21-11-14)18(24)20-9-8-13-4-2-3-5-15(13)19/h2-7,10-11H,8-9H2,1H3,(H,20,24)(H,22,23). The van der Waals surface area contributed by atoms with Crippen LogP contribution < -0.4 is 10.6 Å². The van der Waals surface area contributed by atoms with Crippen molar-refractivity contribution in [2.75, 3.05) is 11.9 Å². The maximum atomic E-state index is 13.5. The van der Waals surface area contributed by atoms with E-state index in [9.17, 15) is 9.18 Å². The number of carbonyl (C=O) groups is 1. The SMILES string of the molecule is Cc1cc(Nc2ccc(C(=O)NCCc3ccccc3F)nc2)no1. The van der Waals surface area contributed by atoms with Gasteiger partial charge in [0.05, 0.1) is 11.9 Å². The topological polar surface area (TPSA) is 80.0 Å². The Morgan fingerprint density at radius 1 is 1.24 bits per heavy atom. The highest BCUT2D eigenvalue weighted by Crippen LogP contribution is 2.15. The Bertz CT molecular complexity index is 862. The lowest BCUT2D eigenvalue weighted by molar-refractivity contribution is 0.0949. The van der Waals surface area contributed by atoms with Gasteiger partial charge in [0.1, 0.15) is 17.3 Å². The Kier molecular flexibility index (Phi) is 5.03. The van der Waals surface area contributed by atoms with E-state index in [-0.39, 0.29) is 17.4 Å². The number of benzene rings is 1. The molecule has 0 saturated carbocycles. The van der Waals surface area contributed by atoms with Crippen molar-refractivity contribution in [1.82, 2.24) is 15.5 Å². The summed E-state index contributed by atoms with van der Waals surface area (Å²) in [6, 6.07) is 11.6. The number of aromatic nitrogens is 2. The van der Waals surface area contributed by atoms with Gasteiger partial charge in [-0.05, 0) is 37.1 Å². The Morgan fingerprint density at radius 3 is 2.76 bits per heavy atom. The summed E-state index contributed by atoms with van der Waals surface area (Å²) in [5.74, 6) is 0.691. The summed E-state index contributed by atoms with van der Waals surface area (Å²) < 4.78 is 18.5. The summed E-state index contributed by atoms with van der Waals surface area (Å²) >= 11 is 0. The molecule has 0 radical (unpaired) electrons. The number of pyridine rings is 1. The molecule has 2 N–H and O–H groups in total. The molecule has 0 fully saturated rings. The number of nitrogens with one attached hydrogen (secondary N) is 2. The minimum Gasteiger partial charge on any atom is -0.360 e. The average molecular weight is 340 g/mol. The smallest absolute Gasteiger partial charge is 0.269 e. The number of amides is 1. The average Bonchev–Trinajstić information content (AvgIpc) is 3.02. The normalized spacial score (nSPS) is 10.5. The van der Waals surface area contributed by atoms with Crippen molar-refractivity contribution >= 4 is 17.4 Å². The summed E-state index contributed by atoms with van der Waals surface area (Å²) in [7, 11) is 0. The van der Waals surface area contributed by atoms with Crippen molar-refractivity contribution in [2.24, 2.45) is 0 Å². The van der Waals surface area contributed by atoms with E-state index < -0.39 is 0 Å². The highest BCUT2D eigenvalue weighted by atomic mass is 19.1. The van der Waals surface area contributed by atoms with E-state index in [2.05, 4.69) is 20.8 Å². The molecule has 0 aliphatic heterocycles. The van der Waals surface area contributed by atoms with Crippen molar-refractivity contribution in [2.45, 2.75) is 13.3 Å². The molecular weight excluding hydrogens is 323 g/mol. The van der Waals surface area contributed by atoms with Crippen LogP contribution in [0.25, 0.3) is 0 Å². The molecule has 2 aromatic heterocycles. The van der Waals surface area contributed by atoms with Gasteiger partial charge in [-0.1, -0.05) is 23.4 Å². The Hall–Kier alpha value is -3.22. The summed E-state index contributed by atoms with van der Waals surface area (Å²) in [4.78, 5) is 16.2. The van der Waals surface area contributed by atoms with Crippen LogP contribution in [0.4, 0.5) is 15.9 Å². The van der Waals surface area contributed by atoms with Crippen LogP contribution in [0.2, 0.25) is 0 Å². The molecule has 0 aliphatic rings. The summed E-state index contributed by atoms with van der Waals surface area (Å²) in [5.41, 5.74) is 1.55.